The second-order valence-corrected chi connectivity index (χ2v) is 6.99. The first-order valence-electron chi connectivity index (χ1n) is 9.24. The van der Waals surface area contributed by atoms with Crippen LogP contribution in [0.5, 0.6) is 0 Å². The van der Waals surface area contributed by atoms with Crippen LogP contribution in [0.25, 0.3) is 17.1 Å². The monoisotopic (exact) mass is 398 g/mol. The number of anilines is 1. The molecule has 2 aromatic heterocycles. The number of primary amides is 1. The lowest BCUT2D eigenvalue weighted by atomic mass is 10.1. The largest absolute Gasteiger partial charge is 0.368 e. The highest BCUT2D eigenvalue weighted by atomic mass is 19.1. The van der Waals surface area contributed by atoms with Gasteiger partial charge in [-0.1, -0.05) is 6.07 Å². The van der Waals surface area contributed by atoms with Crippen molar-refractivity contribution in [3.8, 4) is 17.1 Å². The lowest BCUT2D eigenvalue weighted by molar-refractivity contribution is 0.0996. The average Bonchev–Trinajstić information content (AvgIpc) is 3.13. The van der Waals surface area contributed by atoms with Gasteiger partial charge in [0.15, 0.2) is 5.82 Å². The summed E-state index contributed by atoms with van der Waals surface area (Å²) in [7, 11) is 0. The molecule has 150 valence electrons. The van der Waals surface area contributed by atoms with Crippen LogP contribution in [0.4, 0.5) is 14.5 Å². The fourth-order valence-electron chi connectivity index (χ4n) is 3.63. The van der Waals surface area contributed by atoms with Crippen molar-refractivity contribution < 1.29 is 13.6 Å². The topological polar surface area (TPSA) is 103 Å². The minimum atomic E-state index is -0.799. The highest BCUT2D eigenvalue weighted by Gasteiger charge is 2.25. The zero-order chi connectivity index (χ0) is 20.5. The summed E-state index contributed by atoms with van der Waals surface area (Å²) in [6, 6.07) is 5.36. The van der Waals surface area contributed by atoms with Crippen LogP contribution in [-0.4, -0.2) is 39.6 Å². The van der Waals surface area contributed by atoms with E-state index in [1.165, 1.54) is 16.8 Å². The standard InChI is InChI=1S/C20H20F2N6O/c21-13-4-1-5-14(22)18(13)20-26-15(19(24)29)11-28(20)17-9-25-7-6-16(17)27-8-2-3-12(23)10-27/h1,4-7,9,11-12H,2-3,8,10,23H2,(H2,24,29)/t12-/m0/s1. The smallest absolute Gasteiger partial charge is 0.268 e. The number of amides is 1. The molecule has 1 atom stereocenters. The summed E-state index contributed by atoms with van der Waals surface area (Å²) in [6.07, 6.45) is 6.42. The third-order valence-corrected chi connectivity index (χ3v) is 4.98. The second-order valence-electron chi connectivity index (χ2n) is 6.99. The fraction of sp³-hybridized carbons (Fsp3) is 0.250. The van der Waals surface area contributed by atoms with E-state index in [4.69, 9.17) is 11.5 Å². The Bertz CT molecular complexity index is 1050. The SMILES string of the molecule is NC(=O)c1cn(-c2cnccc2N2CCC[C@H](N)C2)c(-c2c(F)cccc2F)n1. The zero-order valence-electron chi connectivity index (χ0n) is 15.6. The molecule has 1 fully saturated rings. The first-order chi connectivity index (χ1) is 14.0. The van der Waals surface area contributed by atoms with E-state index in [0.717, 1.165) is 37.2 Å². The Labute approximate surface area is 166 Å². The molecule has 7 nitrogen and oxygen atoms in total. The maximum atomic E-state index is 14.5. The maximum absolute atomic E-state index is 14.5. The van der Waals surface area contributed by atoms with Gasteiger partial charge in [0, 0.05) is 31.5 Å². The molecule has 1 aliphatic rings. The molecule has 0 radical (unpaired) electrons. The number of piperidine rings is 1. The van der Waals surface area contributed by atoms with Crippen LogP contribution in [-0.2, 0) is 0 Å². The number of nitrogens with zero attached hydrogens (tertiary/aromatic N) is 4. The summed E-state index contributed by atoms with van der Waals surface area (Å²) < 4.78 is 30.4. The van der Waals surface area contributed by atoms with Gasteiger partial charge < -0.3 is 16.4 Å². The molecule has 29 heavy (non-hydrogen) atoms. The number of rotatable bonds is 4. The average molecular weight is 398 g/mol. The van der Waals surface area contributed by atoms with Crippen molar-refractivity contribution in [3.05, 3.63) is 60.2 Å². The summed E-state index contributed by atoms with van der Waals surface area (Å²) >= 11 is 0. The van der Waals surface area contributed by atoms with Gasteiger partial charge in [0.2, 0.25) is 0 Å². The van der Waals surface area contributed by atoms with E-state index in [-0.39, 0.29) is 23.1 Å². The van der Waals surface area contributed by atoms with Gasteiger partial charge in [-0.05, 0) is 31.0 Å². The van der Waals surface area contributed by atoms with E-state index >= 15 is 0 Å². The van der Waals surface area contributed by atoms with Crippen molar-refractivity contribution in [1.29, 1.82) is 0 Å². The number of nitrogens with two attached hydrogens (primary N) is 2. The zero-order valence-corrected chi connectivity index (χ0v) is 15.6. The highest BCUT2D eigenvalue weighted by Crippen LogP contribution is 2.32. The molecular formula is C20H20F2N6O. The van der Waals surface area contributed by atoms with Crippen molar-refractivity contribution >= 4 is 11.6 Å². The molecule has 3 aromatic rings. The van der Waals surface area contributed by atoms with Crippen LogP contribution in [0, 0.1) is 11.6 Å². The molecule has 0 spiro atoms. The predicted molar refractivity (Wildman–Crippen MR) is 105 cm³/mol. The Morgan fingerprint density at radius 3 is 2.62 bits per heavy atom. The molecule has 1 aliphatic heterocycles. The lowest BCUT2D eigenvalue weighted by Gasteiger charge is -2.33. The third kappa shape index (κ3) is 3.56. The number of aromatic nitrogens is 3. The molecule has 1 amide bonds. The summed E-state index contributed by atoms with van der Waals surface area (Å²) in [5.74, 6) is -2.45. The number of pyridine rings is 1. The van der Waals surface area contributed by atoms with Crippen LogP contribution in [0.2, 0.25) is 0 Å². The fourth-order valence-corrected chi connectivity index (χ4v) is 3.63. The first kappa shape index (κ1) is 19.0. The Hall–Kier alpha value is -3.33. The summed E-state index contributed by atoms with van der Waals surface area (Å²) in [5, 5.41) is 0. The number of halogens is 2. The molecule has 4 rings (SSSR count). The molecule has 3 heterocycles. The molecule has 0 saturated carbocycles. The Morgan fingerprint density at radius 2 is 1.93 bits per heavy atom. The van der Waals surface area contributed by atoms with Gasteiger partial charge in [-0.2, -0.15) is 0 Å². The van der Waals surface area contributed by atoms with Crippen LogP contribution < -0.4 is 16.4 Å². The van der Waals surface area contributed by atoms with E-state index in [0.29, 0.717) is 12.2 Å². The molecule has 4 N–H and O–H groups in total. The van der Waals surface area contributed by atoms with Crippen LogP contribution >= 0.6 is 0 Å². The van der Waals surface area contributed by atoms with Gasteiger partial charge in [0.1, 0.15) is 17.3 Å². The minimum absolute atomic E-state index is 0.0252. The number of imidazole rings is 1. The van der Waals surface area contributed by atoms with E-state index in [2.05, 4.69) is 14.9 Å². The van der Waals surface area contributed by atoms with Crippen molar-refractivity contribution in [2.75, 3.05) is 18.0 Å². The molecule has 0 unspecified atom stereocenters. The third-order valence-electron chi connectivity index (χ3n) is 4.98. The molecular weight excluding hydrogens is 378 g/mol. The number of carbonyl (C=O) groups excluding carboxylic acids is 1. The van der Waals surface area contributed by atoms with Gasteiger partial charge in [0.25, 0.3) is 5.91 Å². The number of carbonyl (C=O) groups is 1. The number of hydrogen-bond donors (Lipinski definition) is 2. The van der Waals surface area contributed by atoms with Gasteiger partial charge in [-0.3, -0.25) is 14.3 Å². The van der Waals surface area contributed by atoms with Crippen LogP contribution in [0.15, 0.2) is 42.9 Å². The van der Waals surface area contributed by atoms with Crippen molar-refractivity contribution in [3.63, 3.8) is 0 Å². The quantitative estimate of drug-likeness (QED) is 0.702. The number of hydrogen-bond acceptors (Lipinski definition) is 5. The summed E-state index contributed by atoms with van der Waals surface area (Å²) in [6.45, 7) is 1.42. The van der Waals surface area contributed by atoms with E-state index in [1.54, 1.807) is 18.5 Å². The predicted octanol–water partition coefficient (Wildman–Crippen LogP) is 2.24. The van der Waals surface area contributed by atoms with Crippen molar-refractivity contribution in [2.45, 2.75) is 18.9 Å². The number of benzene rings is 1. The minimum Gasteiger partial charge on any atom is -0.368 e. The van der Waals surface area contributed by atoms with E-state index in [9.17, 15) is 13.6 Å². The molecule has 1 saturated heterocycles. The van der Waals surface area contributed by atoms with E-state index in [1.807, 2.05) is 0 Å². The Balaban J connectivity index is 1.92. The maximum Gasteiger partial charge on any atom is 0.268 e. The lowest BCUT2D eigenvalue weighted by Crippen LogP contribution is -2.43. The van der Waals surface area contributed by atoms with Gasteiger partial charge in [-0.25, -0.2) is 13.8 Å². The van der Waals surface area contributed by atoms with Gasteiger partial charge in [-0.15, -0.1) is 0 Å². The summed E-state index contributed by atoms with van der Waals surface area (Å²) in [5.41, 5.74) is 12.4. The normalized spacial score (nSPS) is 16.8. The Kier molecular flexibility index (Phi) is 4.98. The van der Waals surface area contributed by atoms with Gasteiger partial charge in [0.05, 0.1) is 23.1 Å². The highest BCUT2D eigenvalue weighted by molar-refractivity contribution is 5.91. The van der Waals surface area contributed by atoms with Crippen molar-refractivity contribution in [2.24, 2.45) is 11.5 Å². The molecule has 9 heteroatoms. The van der Waals surface area contributed by atoms with Crippen LogP contribution in [0.1, 0.15) is 23.3 Å². The van der Waals surface area contributed by atoms with Crippen LogP contribution in [0.3, 0.4) is 0 Å². The first-order valence-corrected chi connectivity index (χ1v) is 9.24. The Morgan fingerprint density at radius 1 is 1.17 bits per heavy atom. The molecule has 1 aromatic carbocycles. The molecule has 0 aliphatic carbocycles. The van der Waals surface area contributed by atoms with Crippen molar-refractivity contribution in [1.82, 2.24) is 14.5 Å². The van der Waals surface area contributed by atoms with E-state index < -0.39 is 17.5 Å². The summed E-state index contributed by atoms with van der Waals surface area (Å²) in [4.78, 5) is 22.1. The molecule has 0 bridgehead atoms. The second kappa shape index (κ2) is 7.59. The van der Waals surface area contributed by atoms with Gasteiger partial charge >= 0.3 is 0 Å².